The molecule has 1 saturated heterocycles. The lowest BCUT2D eigenvalue weighted by Crippen LogP contribution is -2.38. The second-order valence-electron chi connectivity index (χ2n) is 12.5. The highest BCUT2D eigenvalue weighted by molar-refractivity contribution is 7.89. The van der Waals surface area contributed by atoms with Gasteiger partial charge in [-0.2, -0.15) is 19.3 Å². The molecule has 0 unspecified atom stereocenters. The van der Waals surface area contributed by atoms with Crippen LogP contribution < -0.4 is 0 Å². The summed E-state index contributed by atoms with van der Waals surface area (Å²) in [6.45, 7) is 6.54. The van der Waals surface area contributed by atoms with Crippen LogP contribution in [0.25, 0.3) is 16.6 Å². The van der Waals surface area contributed by atoms with E-state index in [-0.39, 0.29) is 22.8 Å². The number of aromatic nitrogens is 5. The second kappa shape index (κ2) is 10.3. The molecular weight excluding hydrogens is 579 g/mol. The quantitative estimate of drug-likeness (QED) is 0.239. The first kappa shape index (κ1) is 28.8. The molecule has 11 heteroatoms. The molecule has 0 bridgehead atoms. The van der Waals surface area contributed by atoms with Crippen LogP contribution in [0.4, 0.5) is 4.39 Å². The Morgan fingerprint density at radius 1 is 1.02 bits per heavy atom. The number of ether oxygens (including phenoxy) is 1. The lowest BCUT2D eigenvalue weighted by atomic mass is 9.72. The minimum Gasteiger partial charge on any atom is -0.373 e. The van der Waals surface area contributed by atoms with Crippen molar-refractivity contribution in [3.05, 3.63) is 102 Å². The van der Waals surface area contributed by atoms with Gasteiger partial charge in [-0.1, -0.05) is 30.3 Å². The summed E-state index contributed by atoms with van der Waals surface area (Å²) in [6, 6.07) is 20.7. The van der Waals surface area contributed by atoms with E-state index in [0.29, 0.717) is 25.9 Å². The molecule has 7 rings (SSSR count). The fourth-order valence-electron chi connectivity index (χ4n) is 7.45. The van der Waals surface area contributed by atoms with Gasteiger partial charge in [-0.15, -0.1) is 5.10 Å². The predicted octanol–water partition coefficient (Wildman–Crippen LogP) is 5.54. The molecule has 3 atom stereocenters. The highest BCUT2D eigenvalue weighted by atomic mass is 32.2. The van der Waals surface area contributed by atoms with Gasteiger partial charge in [0.25, 0.3) is 10.0 Å². The average molecular weight is 615 g/mol. The van der Waals surface area contributed by atoms with Crippen LogP contribution in [-0.2, 0) is 25.8 Å². The first-order valence-electron chi connectivity index (χ1n) is 14.8. The molecule has 2 aliphatic rings. The maximum absolute atomic E-state index is 14.0. The Hall–Kier alpha value is -3.93. The summed E-state index contributed by atoms with van der Waals surface area (Å²) >= 11 is 0. The molecule has 1 aliphatic heterocycles. The number of hydrogen-bond donors (Lipinski definition) is 0. The molecule has 228 valence electrons. The smallest absolute Gasteiger partial charge is 0.264 e. The zero-order valence-electron chi connectivity index (χ0n) is 25.2. The Bertz CT molecular complexity index is 1960. The van der Waals surface area contributed by atoms with Crippen molar-refractivity contribution in [3.63, 3.8) is 0 Å². The Labute approximate surface area is 256 Å². The minimum absolute atomic E-state index is 0.0131. The third-order valence-corrected chi connectivity index (χ3v) is 11.3. The van der Waals surface area contributed by atoms with Gasteiger partial charge in [0.2, 0.25) is 5.03 Å². The molecule has 9 nitrogen and oxygen atoms in total. The fraction of sp³-hybridized carbons (Fsp3) is 0.364. The fourth-order valence-corrected chi connectivity index (χ4v) is 8.86. The molecule has 5 aromatic rings. The molecule has 44 heavy (non-hydrogen) atoms. The van der Waals surface area contributed by atoms with Gasteiger partial charge in [-0.3, -0.25) is 0 Å². The summed E-state index contributed by atoms with van der Waals surface area (Å²) in [5.41, 5.74) is 3.79. The largest absolute Gasteiger partial charge is 0.373 e. The number of nitrogens with zero attached hydrogens (tertiary/aromatic N) is 6. The Kier molecular flexibility index (Phi) is 6.76. The molecule has 0 amide bonds. The van der Waals surface area contributed by atoms with Gasteiger partial charge in [-0.25, -0.2) is 17.5 Å². The maximum Gasteiger partial charge on any atom is 0.264 e. The van der Waals surface area contributed by atoms with Crippen molar-refractivity contribution < 1.29 is 17.5 Å². The highest BCUT2D eigenvalue weighted by Gasteiger charge is 2.62. The SMILES string of the molecule is CO[C@@]1(c2ccccc2)C[C@H]2CN(S(=O)(=O)c3cnn(C(C)C)n3)C[C@@]2(c2cc3cnn(-c4ccc(F)cc4)c3cc2C)C1. The summed E-state index contributed by atoms with van der Waals surface area (Å²) in [7, 11) is -2.13. The maximum atomic E-state index is 14.0. The number of hydrogen-bond acceptors (Lipinski definition) is 6. The molecule has 2 aromatic heterocycles. The first-order valence-corrected chi connectivity index (χ1v) is 16.3. The van der Waals surface area contributed by atoms with Crippen LogP contribution in [0.1, 0.15) is 49.4 Å². The van der Waals surface area contributed by atoms with Crippen molar-refractivity contribution >= 4 is 20.9 Å². The molecule has 1 saturated carbocycles. The van der Waals surface area contributed by atoms with Crippen molar-refractivity contribution in [1.82, 2.24) is 29.1 Å². The normalized spacial score (nSPS) is 24.0. The lowest BCUT2D eigenvalue weighted by molar-refractivity contribution is -0.0183. The average Bonchev–Trinajstić information content (AvgIpc) is 3.79. The van der Waals surface area contributed by atoms with Crippen molar-refractivity contribution in [2.24, 2.45) is 5.92 Å². The molecule has 0 radical (unpaired) electrons. The standard InChI is InChI=1S/C33H35FN6O3S/c1-22(2)40-36-18-31(37-40)44(41,42)38-19-26-16-33(43-4,25-8-6-5-7-9-25)20-32(26,21-38)29-15-24-17-35-39(30(24)14-23(29)3)28-12-10-27(34)11-13-28/h5-15,17-18,22,26H,16,19-21H2,1-4H3/t26-,32-,33-/m0/s1. The van der Waals surface area contributed by atoms with Crippen LogP contribution in [0.15, 0.2) is 84.1 Å². The second-order valence-corrected chi connectivity index (χ2v) is 14.3. The van der Waals surface area contributed by atoms with Crippen molar-refractivity contribution in [3.8, 4) is 5.69 Å². The lowest BCUT2D eigenvalue weighted by Gasteiger charge is -2.35. The van der Waals surface area contributed by atoms with E-state index in [1.807, 2.05) is 42.9 Å². The Morgan fingerprint density at radius 2 is 1.77 bits per heavy atom. The summed E-state index contributed by atoms with van der Waals surface area (Å²) in [6.07, 6.45) is 4.45. The molecular formula is C33H35FN6O3S. The van der Waals surface area contributed by atoms with E-state index in [1.54, 1.807) is 23.5 Å². The van der Waals surface area contributed by atoms with E-state index in [9.17, 15) is 12.8 Å². The van der Waals surface area contributed by atoms with E-state index >= 15 is 0 Å². The number of methoxy groups -OCH3 is 1. The van der Waals surface area contributed by atoms with E-state index in [0.717, 1.165) is 33.3 Å². The van der Waals surface area contributed by atoms with E-state index in [1.165, 1.54) is 23.1 Å². The van der Waals surface area contributed by atoms with Crippen LogP contribution in [0.2, 0.25) is 0 Å². The zero-order valence-corrected chi connectivity index (χ0v) is 26.0. The van der Waals surface area contributed by atoms with Crippen LogP contribution in [0, 0.1) is 18.7 Å². The van der Waals surface area contributed by atoms with Gasteiger partial charge in [0.05, 0.1) is 35.2 Å². The number of rotatable bonds is 7. The van der Waals surface area contributed by atoms with Crippen LogP contribution in [0.3, 0.4) is 0 Å². The van der Waals surface area contributed by atoms with Crippen LogP contribution in [0.5, 0.6) is 0 Å². The number of aryl methyl sites for hydroxylation is 1. The number of sulfonamides is 1. The predicted molar refractivity (Wildman–Crippen MR) is 164 cm³/mol. The zero-order chi connectivity index (χ0) is 30.9. The van der Waals surface area contributed by atoms with Gasteiger partial charge >= 0.3 is 0 Å². The number of benzene rings is 3. The van der Waals surface area contributed by atoms with Crippen molar-refractivity contribution in [2.45, 2.75) is 55.7 Å². The Morgan fingerprint density at radius 3 is 2.45 bits per heavy atom. The Balaban J connectivity index is 1.35. The third-order valence-electron chi connectivity index (χ3n) is 9.61. The highest BCUT2D eigenvalue weighted by Crippen LogP contribution is 2.60. The first-order chi connectivity index (χ1) is 21.1. The summed E-state index contributed by atoms with van der Waals surface area (Å²) in [5.74, 6) is -0.316. The van der Waals surface area contributed by atoms with E-state index < -0.39 is 21.0 Å². The van der Waals surface area contributed by atoms with Gasteiger partial charge in [0, 0.05) is 31.0 Å². The van der Waals surface area contributed by atoms with Crippen molar-refractivity contribution in [2.75, 3.05) is 20.2 Å². The van der Waals surface area contributed by atoms with Gasteiger partial charge in [-0.05, 0) is 92.6 Å². The topological polar surface area (TPSA) is 95.1 Å². The molecule has 3 heterocycles. The summed E-state index contributed by atoms with van der Waals surface area (Å²) in [5, 5.41) is 14.1. The molecule has 0 N–H and O–H groups in total. The molecule has 2 fully saturated rings. The van der Waals surface area contributed by atoms with E-state index in [2.05, 4.69) is 46.5 Å². The minimum atomic E-state index is -3.89. The number of halogens is 1. The van der Waals surface area contributed by atoms with Crippen LogP contribution >= 0.6 is 0 Å². The third kappa shape index (κ3) is 4.40. The molecule has 1 aliphatic carbocycles. The van der Waals surface area contributed by atoms with Gasteiger partial charge < -0.3 is 4.74 Å². The summed E-state index contributed by atoms with van der Waals surface area (Å²) < 4.78 is 51.4. The summed E-state index contributed by atoms with van der Waals surface area (Å²) in [4.78, 5) is 1.43. The van der Waals surface area contributed by atoms with E-state index in [4.69, 9.17) is 4.74 Å². The molecule has 0 spiro atoms. The van der Waals surface area contributed by atoms with Crippen LogP contribution in [-0.4, -0.2) is 57.7 Å². The monoisotopic (exact) mass is 614 g/mol. The number of fused-ring (bicyclic) bond motifs is 2. The molecule has 3 aromatic carbocycles. The van der Waals surface area contributed by atoms with Crippen molar-refractivity contribution in [1.29, 1.82) is 0 Å². The van der Waals surface area contributed by atoms with Gasteiger partial charge in [0.1, 0.15) is 5.82 Å². The van der Waals surface area contributed by atoms with Gasteiger partial charge in [0.15, 0.2) is 0 Å².